The first-order valence-corrected chi connectivity index (χ1v) is 7.17. The van der Waals surface area contributed by atoms with Crippen LogP contribution in [-0.4, -0.2) is 11.2 Å². The van der Waals surface area contributed by atoms with Gasteiger partial charge in [-0.2, -0.15) is 0 Å². The molecule has 0 spiro atoms. The second-order valence-electron chi connectivity index (χ2n) is 4.90. The van der Waals surface area contributed by atoms with Gasteiger partial charge >= 0.3 is 0 Å². The van der Waals surface area contributed by atoms with Crippen LogP contribution in [0.25, 0.3) is 0 Å². The standard InChI is InChI=1S/C14H24NO4/c1-3-5-8-13(19-15(16)17)11-12-7-6-9-14(12)18-10-4-2/h10-12,14H,3-9H2,1-2H3/t12-,14-/m0/s1. The summed E-state index contributed by atoms with van der Waals surface area (Å²) in [5, 5.41) is 9.79. The van der Waals surface area contributed by atoms with Crippen molar-refractivity contribution in [3.63, 3.8) is 0 Å². The number of rotatable bonds is 9. The summed E-state index contributed by atoms with van der Waals surface area (Å²) in [7, 11) is 0. The first kappa shape index (κ1) is 16.0. The number of unbranched alkanes of at least 4 members (excludes halogenated alkanes) is 1. The number of ether oxygens (including phenoxy) is 1. The Labute approximate surface area is 115 Å². The summed E-state index contributed by atoms with van der Waals surface area (Å²) in [6, 6.07) is 0. The molecular weight excluding hydrogens is 246 g/mol. The Balaban J connectivity index is 2.60. The molecule has 0 aliphatic heterocycles. The van der Waals surface area contributed by atoms with E-state index in [0.717, 1.165) is 38.5 Å². The van der Waals surface area contributed by atoms with Gasteiger partial charge in [-0.1, -0.05) is 32.8 Å². The quantitative estimate of drug-likeness (QED) is 0.360. The van der Waals surface area contributed by atoms with E-state index in [1.54, 1.807) is 0 Å². The minimum atomic E-state index is -0.718. The summed E-state index contributed by atoms with van der Waals surface area (Å²) in [4.78, 5) is 15.2. The first-order chi connectivity index (χ1) is 9.17. The highest BCUT2D eigenvalue weighted by Crippen LogP contribution is 2.31. The van der Waals surface area contributed by atoms with Crippen molar-refractivity contribution in [1.82, 2.24) is 0 Å². The second kappa shape index (κ2) is 8.91. The van der Waals surface area contributed by atoms with E-state index >= 15 is 0 Å². The molecule has 19 heavy (non-hydrogen) atoms. The predicted octanol–water partition coefficient (Wildman–Crippen LogP) is 4.03. The monoisotopic (exact) mass is 270 g/mol. The van der Waals surface area contributed by atoms with Gasteiger partial charge in [0.1, 0.15) is 0 Å². The van der Waals surface area contributed by atoms with Gasteiger partial charge in [-0.25, -0.2) is 0 Å². The smallest absolute Gasteiger partial charge is 0.299 e. The number of allylic oxidation sites excluding steroid dienone is 1. The van der Waals surface area contributed by atoms with E-state index in [1.165, 1.54) is 0 Å². The molecular formula is C14H24NO4. The maximum atomic E-state index is 10.5. The van der Waals surface area contributed by atoms with Crippen LogP contribution in [0.5, 0.6) is 0 Å². The molecule has 0 saturated heterocycles. The average Bonchev–Trinajstić information content (AvgIpc) is 2.80. The fraction of sp³-hybridized carbons (Fsp3) is 0.786. The molecule has 5 heteroatoms. The van der Waals surface area contributed by atoms with E-state index in [1.807, 2.05) is 19.6 Å². The minimum absolute atomic E-state index is 0.145. The lowest BCUT2D eigenvalue weighted by Crippen LogP contribution is -2.16. The predicted molar refractivity (Wildman–Crippen MR) is 72.5 cm³/mol. The van der Waals surface area contributed by atoms with Gasteiger partial charge in [-0.3, -0.25) is 4.84 Å². The number of nitrogens with zero attached hydrogens (tertiary/aromatic N) is 1. The van der Waals surface area contributed by atoms with E-state index in [-0.39, 0.29) is 12.0 Å². The van der Waals surface area contributed by atoms with Gasteiger partial charge in [0.25, 0.3) is 5.09 Å². The Morgan fingerprint density at radius 1 is 1.42 bits per heavy atom. The van der Waals surface area contributed by atoms with E-state index in [9.17, 15) is 10.1 Å². The van der Waals surface area contributed by atoms with Crippen molar-refractivity contribution >= 4 is 0 Å². The summed E-state index contributed by atoms with van der Waals surface area (Å²) >= 11 is 0. The van der Waals surface area contributed by atoms with Crippen molar-refractivity contribution in [1.29, 1.82) is 0 Å². The average molecular weight is 270 g/mol. The van der Waals surface area contributed by atoms with Gasteiger partial charge in [0.15, 0.2) is 0 Å². The highest BCUT2D eigenvalue weighted by molar-refractivity contribution is 5.01. The van der Waals surface area contributed by atoms with Gasteiger partial charge in [0.2, 0.25) is 0 Å². The van der Waals surface area contributed by atoms with Crippen LogP contribution < -0.4 is 0 Å². The molecule has 1 rings (SSSR count). The molecule has 1 aliphatic carbocycles. The van der Waals surface area contributed by atoms with Crippen molar-refractivity contribution in [2.24, 2.45) is 5.92 Å². The molecule has 1 saturated carbocycles. The zero-order chi connectivity index (χ0) is 14.1. The Kier molecular flexibility index (Phi) is 7.48. The van der Waals surface area contributed by atoms with Crippen LogP contribution in [0, 0.1) is 22.6 Å². The van der Waals surface area contributed by atoms with Crippen molar-refractivity contribution in [3.8, 4) is 0 Å². The summed E-state index contributed by atoms with van der Waals surface area (Å²) in [6.07, 6.45) is 8.57. The molecule has 0 amide bonds. The number of hydrogen-bond acceptors (Lipinski definition) is 4. The molecule has 0 heterocycles. The molecule has 2 atom stereocenters. The molecule has 0 aromatic rings. The largest absolute Gasteiger partial charge is 0.372 e. The van der Waals surface area contributed by atoms with Crippen molar-refractivity contribution in [2.45, 2.75) is 64.9 Å². The van der Waals surface area contributed by atoms with Crippen LogP contribution in [0.2, 0.25) is 0 Å². The fourth-order valence-electron chi connectivity index (χ4n) is 2.38. The zero-order valence-corrected chi connectivity index (χ0v) is 11.8. The van der Waals surface area contributed by atoms with Gasteiger partial charge in [-0.05, 0) is 32.1 Å². The molecule has 0 aromatic heterocycles. The van der Waals surface area contributed by atoms with Gasteiger partial charge in [0.05, 0.1) is 18.5 Å². The lowest BCUT2D eigenvalue weighted by Gasteiger charge is -2.17. The summed E-state index contributed by atoms with van der Waals surface area (Å²) < 4.78 is 5.68. The Morgan fingerprint density at radius 3 is 2.84 bits per heavy atom. The molecule has 0 unspecified atom stereocenters. The van der Waals surface area contributed by atoms with Crippen LogP contribution >= 0.6 is 0 Å². The third-order valence-corrected chi connectivity index (χ3v) is 3.31. The third kappa shape index (κ3) is 6.05. The van der Waals surface area contributed by atoms with Crippen molar-refractivity contribution in [3.05, 3.63) is 28.6 Å². The molecule has 109 valence electrons. The van der Waals surface area contributed by atoms with Crippen LogP contribution in [0.15, 0.2) is 11.8 Å². The van der Waals surface area contributed by atoms with E-state index < -0.39 is 5.09 Å². The highest BCUT2D eigenvalue weighted by atomic mass is 17.0. The SMILES string of the molecule is CC[CH]O[C@H]1CCC[C@H]1C=C(CCCC)O[N+](=O)[O-]. The van der Waals surface area contributed by atoms with Crippen LogP contribution in [0.4, 0.5) is 0 Å². The van der Waals surface area contributed by atoms with Gasteiger partial charge in [0, 0.05) is 5.92 Å². The Bertz CT molecular complexity index is 304. The summed E-state index contributed by atoms with van der Waals surface area (Å²) in [6.45, 7) is 5.90. The van der Waals surface area contributed by atoms with Gasteiger partial charge < -0.3 is 4.74 Å². The fourth-order valence-corrected chi connectivity index (χ4v) is 2.38. The topological polar surface area (TPSA) is 61.6 Å². The van der Waals surface area contributed by atoms with Crippen LogP contribution in [0.3, 0.4) is 0 Å². The third-order valence-electron chi connectivity index (χ3n) is 3.31. The van der Waals surface area contributed by atoms with E-state index in [4.69, 9.17) is 4.74 Å². The maximum Gasteiger partial charge on any atom is 0.299 e. The molecule has 5 nitrogen and oxygen atoms in total. The second-order valence-corrected chi connectivity index (χ2v) is 4.90. The summed E-state index contributed by atoms with van der Waals surface area (Å²) in [5.41, 5.74) is 0. The van der Waals surface area contributed by atoms with Crippen LogP contribution in [-0.2, 0) is 9.57 Å². The highest BCUT2D eigenvalue weighted by Gasteiger charge is 2.27. The molecule has 1 fully saturated rings. The first-order valence-electron chi connectivity index (χ1n) is 7.17. The van der Waals surface area contributed by atoms with Crippen molar-refractivity contribution < 1.29 is 14.7 Å². The zero-order valence-electron chi connectivity index (χ0n) is 11.8. The van der Waals surface area contributed by atoms with Crippen LogP contribution in [0.1, 0.15) is 58.8 Å². The molecule has 0 N–H and O–H groups in total. The summed E-state index contributed by atoms with van der Waals surface area (Å²) in [5.74, 6) is 0.707. The molecule has 1 radical (unpaired) electrons. The van der Waals surface area contributed by atoms with E-state index in [0.29, 0.717) is 12.2 Å². The molecule has 1 aliphatic rings. The maximum absolute atomic E-state index is 10.5. The normalized spacial score (nSPS) is 23.6. The molecule has 0 aromatic carbocycles. The van der Waals surface area contributed by atoms with Gasteiger partial charge in [-0.15, -0.1) is 10.1 Å². The van der Waals surface area contributed by atoms with E-state index in [2.05, 4.69) is 11.8 Å². The molecule has 0 bridgehead atoms. The minimum Gasteiger partial charge on any atom is -0.372 e. The lowest BCUT2D eigenvalue weighted by atomic mass is 10.0. The Morgan fingerprint density at radius 2 is 2.21 bits per heavy atom. The van der Waals surface area contributed by atoms with Crippen molar-refractivity contribution in [2.75, 3.05) is 0 Å². The lowest BCUT2D eigenvalue weighted by molar-refractivity contribution is -0.743. The number of hydrogen-bond donors (Lipinski definition) is 0. The Hall–Kier alpha value is -1.10.